The molecule has 1 saturated heterocycles. The topological polar surface area (TPSA) is 75.2 Å². The van der Waals surface area contributed by atoms with Crippen LogP contribution in [0.5, 0.6) is 0 Å². The van der Waals surface area contributed by atoms with Gasteiger partial charge in [-0.3, -0.25) is 9.59 Å². The van der Waals surface area contributed by atoms with Gasteiger partial charge in [0.25, 0.3) is 0 Å². The van der Waals surface area contributed by atoms with Crippen LogP contribution >= 0.6 is 0 Å². The molecule has 1 aromatic heterocycles. The van der Waals surface area contributed by atoms with Crippen molar-refractivity contribution >= 4 is 11.8 Å². The molecular formula is C14H20N4O2. The van der Waals surface area contributed by atoms with Crippen LogP contribution < -0.4 is 5.32 Å². The molecule has 2 amide bonds. The van der Waals surface area contributed by atoms with Gasteiger partial charge in [-0.25, -0.2) is 9.97 Å². The Bertz CT molecular complexity index is 444. The third-order valence-electron chi connectivity index (χ3n) is 3.40. The van der Waals surface area contributed by atoms with Gasteiger partial charge in [0.05, 0.1) is 6.54 Å². The zero-order valence-corrected chi connectivity index (χ0v) is 11.5. The van der Waals surface area contributed by atoms with Crippen LogP contribution in [-0.2, 0) is 16.0 Å². The predicted octanol–water partition coefficient (Wildman–Crippen LogP) is 0.538. The summed E-state index contributed by atoms with van der Waals surface area (Å²) in [7, 11) is 0. The van der Waals surface area contributed by atoms with E-state index >= 15 is 0 Å². The number of hydrogen-bond acceptors (Lipinski definition) is 4. The van der Waals surface area contributed by atoms with Gasteiger partial charge in [0.15, 0.2) is 0 Å². The fourth-order valence-electron chi connectivity index (χ4n) is 2.23. The molecule has 0 unspecified atom stereocenters. The molecule has 20 heavy (non-hydrogen) atoms. The number of piperidine rings is 1. The number of aromatic nitrogens is 2. The Morgan fingerprint density at radius 1 is 1.25 bits per heavy atom. The third-order valence-corrected chi connectivity index (χ3v) is 3.40. The summed E-state index contributed by atoms with van der Waals surface area (Å²) in [4.78, 5) is 33.2. The lowest BCUT2D eigenvalue weighted by atomic mass is 10.1. The molecule has 6 heteroatoms. The number of likely N-dealkylation sites (tertiary alicyclic amines) is 1. The molecule has 1 aromatic rings. The molecule has 0 saturated carbocycles. The predicted molar refractivity (Wildman–Crippen MR) is 73.8 cm³/mol. The van der Waals surface area contributed by atoms with E-state index < -0.39 is 0 Å². The highest BCUT2D eigenvalue weighted by Crippen LogP contribution is 2.08. The average molecular weight is 276 g/mol. The molecule has 2 heterocycles. The minimum Gasteiger partial charge on any atom is -0.347 e. The molecular weight excluding hydrogens is 256 g/mol. The highest BCUT2D eigenvalue weighted by atomic mass is 16.2. The third kappa shape index (κ3) is 4.60. The van der Waals surface area contributed by atoms with Crippen molar-refractivity contribution < 1.29 is 9.59 Å². The van der Waals surface area contributed by atoms with Gasteiger partial charge in [0, 0.05) is 31.4 Å². The maximum atomic E-state index is 11.9. The monoisotopic (exact) mass is 276 g/mol. The molecule has 0 aromatic carbocycles. The first kappa shape index (κ1) is 14.4. The largest absolute Gasteiger partial charge is 0.347 e. The molecule has 1 aliphatic heterocycles. The Morgan fingerprint density at radius 3 is 2.75 bits per heavy atom. The van der Waals surface area contributed by atoms with Crippen molar-refractivity contribution in [3.63, 3.8) is 0 Å². The van der Waals surface area contributed by atoms with E-state index in [1.54, 1.807) is 12.3 Å². The van der Waals surface area contributed by atoms with Gasteiger partial charge in [-0.2, -0.15) is 0 Å². The van der Waals surface area contributed by atoms with Crippen molar-refractivity contribution in [3.05, 3.63) is 24.3 Å². The smallest absolute Gasteiger partial charge is 0.241 e. The summed E-state index contributed by atoms with van der Waals surface area (Å²) in [5, 5.41) is 2.68. The number of nitrogens with zero attached hydrogens (tertiary/aromatic N) is 3. The van der Waals surface area contributed by atoms with Gasteiger partial charge in [-0.15, -0.1) is 0 Å². The minimum atomic E-state index is -0.117. The molecule has 0 bridgehead atoms. The van der Waals surface area contributed by atoms with Crippen molar-refractivity contribution in [1.82, 2.24) is 20.2 Å². The summed E-state index contributed by atoms with van der Waals surface area (Å²) in [6, 6.07) is 1.78. The lowest BCUT2D eigenvalue weighted by molar-refractivity contribution is -0.133. The lowest BCUT2D eigenvalue weighted by Gasteiger charge is -2.26. The molecule has 0 aliphatic carbocycles. The molecule has 108 valence electrons. The Balaban J connectivity index is 1.65. The number of hydrogen-bond donors (Lipinski definition) is 1. The Kier molecular flexibility index (Phi) is 5.46. The molecule has 1 N–H and O–H groups in total. The summed E-state index contributed by atoms with van der Waals surface area (Å²) < 4.78 is 0. The Labute approximate surface area is 118 Å². The van der Waals surface area contributed by atoms with Gasteiger partial charge < -0.3 is 10.2 Å². The van der Waals surface area contributed by atoms with Crippen LogP contribution in [0.25, 0.3) is 0 Å². The maximum Gasteiger partial charge on any atom is 0.241 e. The molecule has 0 spiro atoms. The number of carbonyl (C=O) groups excluding carboxylic acids is 2. The van der Waals surface area contributed by atoms with Gasteiger partial charge in [-0.1, -0.05) is 0 Å². The zero-order chi connectivity index (χ0) is 14.2. The summed E-state index contributed by atoms with van der Waals surface area (Å²) in [5.74, 6) is -0.103. The fourth-order valence-corrected chi connectivity index (χ4v) is 2.23. The number of nitrogens with one attached hydrogen (secondary N) is 1. The van der Waals surface area contributed by atoms with E-state index in [1.807, 2.05) is 4.90 Å². The summed E-state index contributed by atoms with van der Waals surface area (Å²) in [6.45, 7) is 1.73. The van der Waals surface area contributed by atoms with Crippen molar-refractivity contribution in [1.29, 1.82) is 0 Å². The fraction of sp³-hybridized carbons (Fsp3) is 0.571. The normalized spacial score (nSPS) is 14.9. The van der Waals surface area contributed by atoms with E-state index in [2.05, 4.69) is 15.3 Å². The summed E-state index contributed by atoms with van der Waals surface area (Å²) in [5.41, 5.74) is 0.831. The Hall–Kier alpha value is -1.98. The van der Waals surface area contributed by atoms with Crippen LogP contribution in [0.2, 0.25) is 0 Å². The molecule has 1 aliphatic rings. The van der Waals surface area contributed by atoms with Crippen LogP contribution in [0, 0.1) is 0 Å². The van der Waals surface area contributed by atoms with Crippen LogP contribution in [0.1, 0.15) is 31.4 Å². The van der Waals surface area contributed by atoms with E-state index in [-0.39, 0.29) is 18.4 Å². The summed E-state index contributed by atoms with van der Waals surface area (Å²) in [6.07, 6.45) is 7.33. The van der Waals surface area contributed by atoms with Crippen molar-refractivity contribution in [3.8, 4) is 0 Å². The number of carbonyl (C=O) groups is 2. The second-order valence-corrected chi connectivity index (χ2v) is 4.92. The van der Waals surface area contributed by atoms with Crippen molar-refractivity contribution in [2.75, 3.05) is 19.6 Å². The quantitative estimate of drug-likeness (QED) is 0.851. The van der Waals surface area contributed by atoms with Crippen LogP contribution in [0.3, 0.4) is 0 Å². The van der Waals surface area contributed by atoms with E-state index in [4.69, 9.17) is 0 Å². The zero-order valence-electron chi connectivity index (χ0n) is 11.5. The first-order chi connectivity index (χ1) is 9.75. The van der Waals surface area contributed by atoms with Gasteiger partial charge in [0.2, 0.25) is 11.8 Å². The second-order valence-electron chi connectivity index (χ2n) is 4.92. The van der Waals surface area contributed by atoms with Crippen LogP contribution in [0.4, 0.5) is 0 Å². The molecule has 1 fully saturated rings. The average Bonchev–Trinajstić information content (AvgIpc) is 2.52. The molecule has 0 radical (unpaired) electrons. The second kappa shape index (κ2) is 7.57. The molecule has 6 nitrogen and oxygen atoms in total. The maximum absolute atomic E-state index is 11.9. The van der Waals surface area contributed by atoms with Crippen LogP contribution in [-0.4, -0.2) is 46.3 Å². The molecule has 0 atom stereocenters. The number of aryl methyl sites for hydroxylation is 1. The standard InChI is InChI=1S/C14H20N4O2/c19-13(5-4-12-6-7-15-11-17-12)16-10-14(20)18-8-2-1-3-9-18/h6-7,11H,1-5,8-10H2,(H,16,19). The number of amides is 2. The highest BCUT2D eigenvalue weighted by molar-refractivity contribution is 5.84. The van der Waals surface area contributed by atoms with E-state index in [1.165, 1.54) is 12.7 Å². The van der Waals surface area contributed by atoms with E-state index in [0.29, 0.717) is 12.8 Å². The first-order valence-electron chi connectivity index (χ1n) is 7.05. The Morgan fingerprint density at radius 2 is 2.05 bits per heavy atom. The van der Waals surface area contributed by atoms with Crippen molar-refractivity contribution in [2.45, 2.75) is 32.1 Å². The van der Waals surface area contributed by atoms with Crippen LogP contribution in [0.15, 0.2) is 18.6 Å². The van der Waals surface area contributed by atoms with E-state index in [0.717, 1.165) is 31.6 Å². The minimum absolute atomic E-state index is 0.0140. The highest BCUT2D eigenvalue weighted by Gasteiger charge is 2.16. The van der Waals surface area contributed by atoms with E-state index in [9.17, 15) is 9.59 Å². The van der Waals surface area contributed by atoms with Gasteiger partial charge >= 0.3 is 0 Å². The van der Waals surface area contributed by atoms with Gasteiger partial charge in [0.1, 0.15) is 6.33 Å². The SMILES string of the molecule is O=C(CCc1ccncn1)NCC(=O)N1CCCCC1. The first-order valence-corrected chi connectivity index (χ1v) is 7.05. The lowest BCUT2D eigenvalue weighted by Crippen LogP contribution is -2.42. The summed E-state index contributed by atoms with van der Waals surface area (Å²) >= 11 is 0. The van der Waals surface area contributed by atoms with Gasteiger partial charge in [-0.05, 0) is 31.7 Å². The van der Waals surface area contributed by atoms with Crippen molar-refractivity contribution in [2.24, 2.45) is 0 Å². The molecule has 2 rings (SSSR count). The number of rotatable bonds is 5.